The first kappa shape index (κ1) is 12.9. The number of halogens is 1. The lowest BCUT2D eigenvalue weighted by Gasteiger charge is -2.12. The number of hydrogen-bond acceptors (Lipinski definition) is 2. The Bertz CT molecular complexity index is 767. The van der Waals surface area contributed by atoms with E-state index < -0.39 is 0 Å². The Balaban J connectivity index is 2.35. The fourth-order valence-corrected chi connectivity index (χ4v) is 2.64. The van der Waals surface area contributed by atoms with E-state index in [2.05, 4.69) is 24.4 Å². The zero-order valence-corrected chi connectivity index (χ0v) is 12.2. The molecule has 1 heterocycles. The Hall–Kier alpha value is -2.06. The quantitative estimate of drug-likeness (QED) is 0.723. The Morgan fingerprint density at radius 3 is 2.50 bits per heavy atom. The molecule has 2 nitrogen and oxygen atoms in total. The van der Waals surface area contributed by atoms with Crippen molar-refractivity contribution in [3.8, 4) is 11.3 Å². The van der Waals surface area contributed by atoms with Crippen molar-refractivity contribution in [2.45, 2.75) is 6.92 Å². The number of nitrogens with one attached hydrogen (secondary N) is 1. The molecule has 0 saturated heterocycles. The van der Waals surface area contributed by atoms with E-state index in [4.69, 9.17) is 16.6 Å². The molecule has 1 aromatic heterocycles. The Morgan fingerprint density at radius 2 is 1.80 bits per heavy atom. The predicted molar refractivity (Wildman–Crippen MR) is 86.5 cm³/mol. The van der Waals surface area contributed by atoms with Crippen molar-refractivity contribution in [1.29, 1.82) is 0 Å². The van der Waals surface area contributed by atoms with E-state index in [1.54, 1.807) is 0 Å². The van der Waals surface area contributed by atoms with E-state index in [0.717, 1.165) is 38.4 Å². The number of nitrogens with zero attached hydrogens (tertiary/aromatic N) is 1. The largest absolute Gasteiger partial charge is 0.387 e. The molecular weight excluding hydrogens is 268 g/mol. The van der Waals surface area contributed by atoms with Gasteiger partial charge in [-0.25, -0.2) is 4.98 Å². The summed E-state index contributed by atoms with van der Waals surface area (Å²) in [7, 11) is 1.90. The maximum atomic E-state index is 6.33. The van der Waals surface area contributed by atoms with Gasteiger partial charge in [-0.3, -0.25) is 0 Å². The molecule has 0 aliphatic heterocycles. The third-order valence-corrected chi connectivity index (χ3v) is 3.77. The van der Waals surface area contributed by atoms with Crippen LogP contribution in [0, 0.1) is 6.92 Å². The molecular formula is C17H15ClN2. The molecule has 0 fully saturated rings. The summed E-state index contributed by atoms with van der Waals surface area (Å²) < 4.78 is 0. The van der Waals surface area contributed by atoms with Gasteiger partial charge in [-0.1, -0.05) is 48.0 Å². The van der Waals surface area contributed by atoms with E-state index >= 15 is 0 Å². The summed E-state index contributed by atoms with van der Waals surface area (Å²) in [4.78, 5) is 4.79. The van der Waals surface area contributed by atoms with Crippen molar-refractivity contribution in [3.63, 3.8) is 0 Å². The number of hydrogen-bond donors (Lipinski definition) is 1. The first-order valence-electron chi connectivity index (χ1n) is 6.53. The summed E-state index contributed by atoms with van der Waals surface area (Å²) in [6.07, 6.45) is 0. The normalized spacial score (nSPS) is 10.8. The van der Waals surface area contributed by atoms with E-state index in [9.17, 15) is 0 Å². The molecule has 3 rings (SSSR count). The van der Waals surface area contributed by atoms with Crippen LogP contribution in [0.1, 0.15) is 5.56 Å². The third kappa shape index (κ3) is 2.12. The Labute approximate surface area is 123 Å². The molecule has 0 amide bonds. The van der Waals surface area contributed by atoms with Gasteiger partial charge in [-0.2, -0.15) is 0 Å². The summed E-state index contributed by atoms with van der Waals surface area (Å²) in [6.45, 7) is 2.06. The molecule has 1 N–H and O–H groups in total. The summed E-state index contributed by atoms with van der Waals surface area (Å²) in [5, 5.41) is 4.93. The highest BCUT2D eigenvalue weighted by Gasteiger charge is 2.11. The van der Waals surface area contributed by atoms with Crippen LogP contribution in [0.25, 0.3) is 22.2 Å². The van der Waals surface area contributed by atoms with Gasteiger partial charge < -0.3 is 5.32 Å². The van der Waals surface area contributed by atoms with Crippen molar-refractivity contribution in [2.75, 3.05) is 12.4 Å². The highest BCUT2D eigenvalue weighted by atomic mass is 35.5. The Kier molecular flexibility index (Phi) is 3.33. The van der Waals surface area contributed by atoms with E-state index in [1.165, 1.54) is 0 Å². The fourth-order valence-electron chi connectivity index (χ4n) is 2.39. The van der Waals surface area contributed by atoms with Gasteiger partial charge >= 0.3 is 0 Å². The lowest BCUT2D eigenvalue weighted by molar-refractivity contribution is 1.35. The topological polar surface area (TPSA) is 24.9 Å². The number of aryl methyl sites for hydroxylation is 1. The standard InChI is InChI=1S/C17H15ClN2/c1-11-8-9-13(18)16-15(19-2)10-14(20-17(11)16)12-6-4-3-5-7-12/h3-10H,1-2H3,(H,19,20). The van der Waals surface area contributed by atoms with Gasteiger partial charge in [-0.15, -0.1) is 0 Å². The van der Waals surface area contributed by atoms with Crippen LogP contribution in [0.2, 0.25) is 5.02 Å². The maximum Gasteiger partial charge on any atom is 0.0774 e. The molecule has 0 bridgehead atoms. The second-order valence-electron chi connectivity index (χ2n) is 4.76. The van der Waals surface area contributed by atoms with Gasteiger partial charge in [0.25, 0.3) is 0 Å². The van der Waals surface area contributed by atoms with Crippen LogP contribution in [-0.4, -0.2) is 12.0 Å². The fraction of sp³-hybridized carbons (Fsp3) is 0.118. The van der Waals surface area contributed by atoms with E-state index in [1.807, 2.05) is 43.4 Å². The van der Waals surface area contributed by atoms with Gasteiger partial charge in [-0.05, 0) is 24.6 Å². The molecule has 20 heavy (non-hydrogen) atoms. The number of benzene rings is 2. The van der Waals surface area contributed by atoms with Crippen LogP contribution in [0.4, 0.5) is 5.69 Å². The molecule has 3 aromatic rings. The molecule has 2 aromatic carbocycles. The van der Waals surface area contributed by atoms with Crippen LogP contribution in [0.3, 0.4) is 0 Å². The molecule has 100 valence electrons. The summed E-state index contributed by atoms with van der Waals surface area (Å²) in [6, 6.07) is 16.1. The summed E-state index contributed by atoms with van der Waals surface area (Å²) in [5.74, 6) is 0. The van der Waals surface area contributed by atoms with Crippen LogP contribution >= 0.6 is 11.6 Å². The van der Waals surface area contributed by atoms with Gasteiger partial charge in [0, 0.05) is 23.7 Å². The summed E-state index contributed by atoms with van der Waals surface area (Å²) >= 11 is 6.33. The zero-order chi connectivity index (χ0) is 14.1. The monoisotopic (exact) mass is 282 g/mol. The van der Waals surface area contributed by atoms with Crippen molar-refractivity contribution in [3.05, 3.63) is 59.1 Å². The lowest BCUT2D eigenvalue weighted by atomic mass is 10.1. The van der Waals surface area contributed by atoms with Gasteiger partial charge in [0.15, 0.2) is 0 Å². The maximum absolute atomic E-state index is 6.33. The van der Waals surface area contributed by atoms with Crippen molar-refractivity contribution in [1.82, 2.24) is 4.98 Å². The van der Waals surface area contributed by atoms with Crippen LogP contribution in [-0.2, 0) is 0 Å². The number of anilines is 1. The lowest BCUT2D eigenvalue weighted by Crippen LogP contribution is -1.96. The minimum Gasteiger partial charge on any atom is -0.387 e. The van der Waals surface area contributed by atoms with Crippen LogP contribution in [0.15, 0.2) is 48.5 Å². The zero-order valence-electron chi connectivity index (χ0n) is 11.4. The first-order chi connectivity index (χ1) is 9.70. The molecule has 0 aliphatic carbocycles. The second kappa shape index (κ2) is 5.14. The molecule has 3 heteroatoms. The van der Waals surface area contributed by atoms with Gasteiger partial charge in [0.1, 0.15) is 0 Å². The first-order valence-corrected chi connectivity index (χ1v) is 6.91. The van der Waals surface area contributed by atoms with Crippen molar-refractivity contribution < 1.29 is 0 Å². The van der Waals surface area contributed by atoms with Crippen LogP contribution in [0.5, 0.6) is 0 Å². The molecule has 0 atom stereocenters. The van der Waals surface area contributed by atoms with Gasteiger partial charge in [0.05, 0.1) is 16.2 Å². The number of fused-ring (bicyclic) bond motifs is 1. The van der Waals surface area contributed by atoms with E-state index in [0.29, 0.717) is 0 Å². The number of pyridine rings is 1. The summed E-state index contributed by atoms with van der Waals surface area (Å²) in [5.41, 5.74) is 5.13. The minimum absolute atomic E-state index is 0.724. The highest BCUT2D eigenvalue weighted by molar-refractivity contribution is 6.36. The third-order valence-electron chi connectivity index (χ3n) is 3.45. The van der Waals surface area contributed by atoms with Gasteiger partial charge in [0.2, 0.25) is 0 Å². The predicted octanol–water partition coefficient (Wildman–Crippen LogP) is 4.91. The SMILES string of the molecule is CNc1cc(-c2ccccc2)nc2c(C)ccc(Cl)c12. The molecule has 0 unspecified atom stereocenters. The van der Waals surface area contributed by atoms with Crippen molar-refractivity contribution >= 4 is 28.2 Å². The molecule has 0 spiro atoms. The Morgan fingerprint density at radius 1 is 1.05 bits per heavy atom. The second-order valence-corrected chi connectivity index (χ2v) is 5.17. The smallest absolute Gasteiger partial charge is 0.0774 e. The van der Waals surface area contributed by atoms with E-state index in [-0.39, 0.29) is 0 Å². The average Bonchev–Trinajstić information content (AvgIpc) is 2.51. The van der Waals surface area contributed by atoms with Crippen LogP contribution < -0.4 is 5.32 Å². The number of aromatic nitrogens is 1. The minimum atomic E-state index is 0.724. The molecule has 0 saturated carbocycles. The molecule has 0 aliphatic rings. The average molecular weight is 283 g/mol. The molecule has 0 radical (unpaired) electrons. The highest BCUT2D eigenvalue weighted by Crippen LogP contribution is 2.34. The number of rotatable bonds is 2. The van der Waals surface area contributed by atoms with Crippen molar-refractivity contribution in [2.24, 2.45) is 0 Å².